The van der Waals surface area contributed by atoms with Gasteiger partial charge in [-0.2, -0.15) is 0 Å². The van der Waals surface area contributed by atoms with Crippen LogP contribution in [0, 0.1) is 11.8 Å². The Morgan fingerprint density at radius 2 is 2.23 bits per heavy atom. The van der Waals surface area contributed by atoms with Crippen LogP contribution in [0.1, 0.15) is 26.7 Å². The fourth-order valence-electron chi connectivity index (χ4n) is 1.69. The van der Waals surface area contributed by atoms with E-state index >= 15 is 0 Å². The minimum atomic E-state index is -0.934. The maximum absolute atomic E-state index is 11.1. The van der Waals surface area contributed by atoms with Crippen LogP contribution in [0.5, 0.6) is 0 Å². The summed E-state index contributed by atoms with van der Waals surface area (Å²) >= 11 is 0. The second kappa shape index (κ2) is 3.77. The highest BCUT2D eigenvalue weighted by Crippen LogP contribution is 2.30. The van der Waals surface area contributed by atoms with Crippen LogP contribution in [-0.2, 0) is 14.3 Å². The van der Waals surface area contributed by atoms with E-state index in [9.17, 15) is 9.59 Å². The predicted molar refractivity (Wildman–Crippen MR) is 45.1 cm³/mol. The van der Waals surface area contributed by atoms with Crippen molar-refractivity contribution in [1.82, 2.24) is 0 Å². The Labute approximate surface area is 76.9 Å². The largest absolute Gasteiger partial charge is 0.481 e. The molecule has 0 aromatic heterocycles. The van der Waals surface area contributed by atoms with Crippen molar-refractivity contribution in [3.63, 3.8) is 0 Å². The lowest BCUT2D eigenvalue weighted by Gasteiger charge is -2.13. The molecule has 0 bridgehead atoms. The molecule has 1 fully saturated rings. The van der Waals surface area contributed by atoms with Gasteiger partial charge >= 0.3 is 11.9 Å². The lowest BCUT2D eigenvalue weighted by Crippen LogP contribution is -2.27. The fourth-order valence-corrected chi connectivity index (χ4v) is 1.69. The first-order valence-corrected chi connectivity index (χ1v) is 4.51. The number of rotatable bonds is 3. The maximum Gasteiger partial charge on any atom is 0.311 e. The lowest BCUT2D eigenvalue weighted by molar-refractivity contribution is -0.144. The molecule has 0 saturated carbocycles. The lowest BCUT2D eigenvalue weighted by atomic mass is 9.90. The second-order valence-corrected chi connectivity index (χ2v) is 3.42. The van der Waals surface area contributed by atoms with Crippen molar-refractivity contribution in [2.24, 2.45) is 11.8 Å². The van der Waals surface area contributed by atoms with Crippen LogP contribution in [0.4, 0.5) is 0 Å². The molecule has 0 unspecified atom stereocenters. The molecule has 0 radical (unpaired) electrons. The number of ether oxygens (including phenoxy) is 1. The van der Waals surface area contributed by atoms with Crippen LogP contribution in [0.2, 0.25) is 0 Å². The van der Waals surface area contributed by atoms with E-state index in [-0.39, 0.29) is 5.97 Å². The first-order valence-electron chi connectivity index (χ1n) is 4.51. The van der Waals surface area contributed by atoms with Gasteiger partial charge in [0, 0.05) is 0 Å². The second-order valence-electron chi connectivity index (χ2n) is 3.42. The predicted octanol–water partition coefficient (Wildman–Crippen LogP) is 1.05. The van der Waals surface area contributed by atoms with E-state index < -0.39 is 23.9 Å². The Hall–Kier alpha value is -1.06. The van der Waals surface area contributed by atoms with Gasteiger partial charge in [-0.1, -0.05) is 20.3 Å². The standard InChI is InChI=1S/C9H14O4/c1-3-4-6-7(8(10)11)5(2)9(12)13-6/h5-7H,3-4H2,1-2H3,(H,10,11)/t5-,6+,7-/m0/s1. The summed E-state index contributed by atoms with van der Waals surface area (Å²) in [6.45, 7) is 3.55. The van der Waals surface area contributed by atoms with E-state index in [1.54, 1.807) is 6.92 Å². The van der Waals surface area contributed by atoms with Crippen LogP contribution in [-0.4, -0.2) is 23.1 Å². The highest BCUT2D eigenvalue weighted by Gasteiger charge is 2.45. The van der Waals surface area contributed by atoms with Gasteiger partial charge in [0.2, 0.25) is 0 Å². The minimum absolute atomic E-state index is 0.383. The number of carbonyl (C=O) groups is 2. The van der Waals surface area contributed by atoms with Gasteiger partial charge in [0.05, 0.1) is 5.92 Å². The van der Waals surface area contributed by atoms with E-state index in [1.807, 2.05) is 6.92 Å². The van der Waals surface area contributed by atoms with E-state index in [0.29, 0.717) is 6.42 Å². The molecule has 1 heterocycles. The van der Waals surface area contributed by atoms with Crippen LogP contribution in [0.3, 0.4) is 0 Å². The van der Waals surface area contributed by atoms with E-state index in [4.69, 9.17) is 9.84 Å². The SMILES string of the molecule is CCC[C@H]1OC(=O)[C@@H](C)[C@@H]1C(=O)O. The number of esters is 1. The quantitative estimate of drug-likeness (QED) is 0.669. The molecule has 0 aliphatic carbocycles. The number of aliphatic carboxylic acids is 1. The molecule has 1 rings (SSSR count). The van der Waals surface area contributed by atoms with Gasteiger partial charge in [-0.25, -0.2) is 0 Å². The van der Waals surface area contributed by atoms with Gasteiger partial charge in [0.1, 0.15) is 12.0 Å². The van der Waals surface area contributed by atoms with Crippen molar-refractivity contribution in [2.45, 2.75) is 32.8 Å². The smallest absolute Gasteiger partial charge is 0.311 e. The number of hydrogen-bond donors (Lipinski definition) is 1. The molecule has 1 aliphatic rings. The van der Waals surface area contributed by atoms with Gasteiger partial charge in [-0.05, 0) is 6.42 Å². The molecule has 0 amide bonds. The average Bonchev–Trinajstić information content (AvgIpc) is 2.28. The number of hydrogen-bond acceptors (Lipinski definition) is 3. The summed E-state index contributed by atoms with van der Waals surface area (Å²) in [5, 5.41) is 8.87. The molecule has 0 spiro atoms. The molecule has 4 nitrogen and oxygen atoms in total. The summed E-state index contributed by atoms with van der Waals surface area (Å²) in [4.78, 5) is 21.9. The number of carbonyl (C=O) groups excluding carboxylic acids is 1. The third kappa shape index (κ3) is 1.82. The Morgan fingerprint density at radius 3 is 2.69 bits per heavy atom. The molecule has 0 aromatic carbocycles. The Balaban J connectivity index is 2.74. The molecule has 1 aliphatic heterocycles. The Kier molecular flexibility index (Phi) is 2.90. The fraction of sp³-hybridized carbons (Fsp3) is 0.778. The molecule has 3 atom stereocenters. The van der Waals surface area contributed by atoms with Gasteiger partial charge < -0.3 is 9.84 Å². The van der Waals surface area contributed by atoms with Crippen molar-refractivity contribution in [1.29, 1.82) is 0 Å². The molecule has 1 N–H and O–H groups in total. The highest BCUT2D eigenvalue weighted by molar-refractivity contribution is 5.84. The molecule has 13 heavy (non-hydrogen) atoms. The van der Waals surface area contributed by atoms with E-state index in [0.717, 1.165) is 6.42 Å². The van der Waals surface area contributed by atoms with Crippen molar-refractivity contribution < 1.29 is 19.4 Å². The van der Waals surface area contributed by atoms with Crippen LogP contribution in [0.15, 0.2) is 0 Å². The summed E-state index contributed by atoms with van der Waals surface area (Å²) in [5.41, 5.74) is 0. The van der Waals surface area contributed by atoms with Gasteiger partial charge in [-0.15, -0.1) is 0 Å². The zero-order valence-corrected chi connectivity index (χ0v) is 7.82. The molecular formula is C9H14O4. The summed E-state index contributed by atoms with van der Waals surface area (Å²) in [5.74, 6) is -2.48. The molecule has 1 saturated heterocycles. The van der Waals surface area contributed by atoms with E-state index in [1.165, 1.54) is 0 Å². The first-order chi connectivity index (χ1) is 6.07. The van der Waals surface area contributed by atoms with Gasteiger partial charge in [-0.3, -0.25) is 9.59 Å². The van der Waals surface area contributed by atoms with Crippen LogP contribution < -0.4 is 0 Å². The summed E-state index contributed by atoms with van der Waals surface area (Å²) in [7, 11) is 0. The number of cyclic esters (lactones) is 1. The molecule has 0 aromatic rings. The number of carboxylic acid groups (broad SMARTS) is 1. The van der Waals surface area contributed by atoms with Gasteiger partial charge in [0.25, 0.3) is 0 Å². The zero-order valence-electron chi connectivity index (χ0n) is 7.82. The van der Waals surface area contributed by atoms with E-state index in [2.05, 4.69) is 0 Å². The van der Waals surface area contributed by atoms with Crippen molar-refractivity contribution in [3.05, 3.63) is 0 Å². The third-order valence-electron chi connectivity index (χ3n) is 2.44. The normalized spacial score (nSPS) is 33.1. The Morgan fingerprint density at radius 1 is 1.62 bits per heavy atom. The number of carboxylic acids is 1. The Bertz CT molecular complexity index is 224. The first kappa shape index (κ1) is 10.0. The van der Waals surface area contributed by atoms with Crippen molar-refractivity contribution in [3.8, 4) is 0 Å². The summed E-state index contributed by atoms with van der Waals surface area (Å²) in [6, 6.07) is 0. The highest BCUT2D eigenvalue weighted by atomic mass is 16.6. The third-order valence-corrected chi connectivity index (χ3v) is 2.44. The van der Waals surface area contributed by atoms with Crippen LogP contribution >= 0.6 is 0 Å². The van der Waals surface area contributed by atoms with Crippen LogP contribution in [0.25, 0.3) is 0 Å². The minimum Gasteiger partial charge on any atom is -0.481 e. The molecule has 74 valence electrons. The van der Waals surface area contributed by atoms with Crippen molar-refractivity contribution in [2.75, 3.05) is 0 Å². The zero-order chi connectivity index (χ0) is 10.0. The van der Waals surface area contributed by atoms with Crippen molar-refractivity contribution >= 4 is 11.9 Å². The topological polar surface area (TPSA) is 63.6 Å². The molecule has 4 heteroatoms. The molecular weight excluding hydrogens is 172 g/mol. The van der Waals surface area contributed by atoms with Gasteiger partial charge in [0.15, 0.2) is 0 Å². The summed E-state index contributed by atoms with van der Waals surface area (Å²) < 4.78 is 4.97. The summed E-state index contributed by atoms with van der Waals surface area (Å²) in [6.07, 6.45) is 1.03. The monoisotopic (exact) mass is 186 g/mol. The maximum atomic E-state index is 11.1. The average molecular weight is 186 g/mol.